The van der Waals surface area contributed by atoms with Crippen LogP contribution in [-0.2, 0) is 16.0 Å². The van der Waals surface area contributed by atoms with Crippen LogP contribution in [0.4, 0.5) is 0 Å². The van der Waals surface area contributed by atoms with E-state index in [0.717, 1.165) is 5.56 Å². The van der Waals surface area contributed by atoms with Crippen molar-refractivity contribution >= 4 is 5.91 Å². The first-order valence-corrected chi connectivity index (χ1v) is 7.77. The second-order valence-electron chi connectivity index (χ2n) is 5.79. The van der Waals surface area contributed by atoms with Crippen molar-refractivity contribution in [3.05, 3.63) is 30.4 Å². The zero-order valence-electron chi connectivity index (χ0n) is 13.3. The minimum Gasteiger partial charge on any atom is -0.375 e. The van der Waals surface area contributed by atoms with Gasteiger partial charge >= 0.3 is 0 Å². The largest absolute Gasteiger partial charge is 0.375 e. The zero-order valence-corrected chi connectivity index (χ0v) is 13.3. The average molecular weight is 316 g/mol. The molecule has 3 rings (SSSR count). The minimum atomic E-state index is 0.0794. The Kier molecular flexibility index (Phi) is 4.66. The molecule has 2 atom stereocenters. The van der Waals surface area contributed by atoms with Gasteiger partial charge in [0.15, 0.2) is 0 Å². The number of rotatable bonds is 4. The number of ether oxygens (including phenoxy) is 1. The molecule has 7 heteroatoms. The summed E-state index contributed by atoms with van der Waals surface area (Å²) in [5.41, 5.74) is 0.796. The highest BCUT2D eigenvalue weighted by molar-refractivity contribution is 5.76. The number of carbonyl (C=O) groups excluding carboxylic acids is 1. The molecule has 2 aromatic heterocycles. The Balaban J connectivity index is 1.58. The van der Waals surface area contributed by atoms with Crippen LogP contribution in [0.3, 0.4) is 0 Å². The van der Waals surface area contributed by atoms with E-state index in [1.807, 2.05) is 30.9 Å². The van der Waals surface area contributed by atoms with Crippen LogP contribution in [0, 0.1) is 0 Å². The second kappa shape index (κ2) is 6.87. The van der Waals surface area contributed by atoms with Gasteiger partial charge in [0, 0.05) is 37.3 Å². The molecule has 2 aromatic rings. The number of amides is 1. The summed E-state index contributed by atoms with van der Waals surface area (Å²) in [6, 6.07) is 3.78. The molecule has 0 aromatic carbocycles. The summed E-state index contributed by atoms with van der Waals surface area (Å²) in [6.45, 7) is 5.19. The lowest BCUT2D eigenvalue weighted by Crippen LogP contribution is -2.50. The smallest absolute Gasteiger partial charge is 0.227 e. The number of carbonyl (C=O) groups is 1. The van der Waals surface area contributed by atoms with E-state index in [1.165, 1.54) is 0 Å². The molecule has 1 amide bonds. The van der Waals surface area contributed by atoms with E-state index in [-0.39, 0.29) is 18.1 Å². The number of pyridine rings is 1. The lowest BCUT2D eigenvalue weighted by atomic mass is 10.1. The van der Waals surface area contributed by atoms with E-state index in [2.05, 4.69) is 15.1 Å². The van der Waals surface area contributed by atoms with Crippen LogP contribution < -0.4 is 0 Å². The van der Waals surface area contributed by atoms with Gasteiger partial charge in [0.2, 0.25) is 17.6 Å². The molecular formula is C16H20N4O3. The maximum atomic E-state index is 12.4. The van der Waals surface area contributed by atoms with Crippen molar-refractivity contribution < 1.29 is 14.1 Å². The standard InChI is InChI=1S/C16H20N4O3/c1-11-10-22-12(2)9-20(11)15(21)6-5-14-18-16(19-23-14)13-4-3-7-17-8-13/h3-4,7-8,11-12H,5-6,9-10H2,1-2H3/t11-,12-/m1/s1. The molecule has 1 aliphatic rings. The predicted octanol–water partition coefficient (Wildman–Crippen LogP) is 1.70. The number of hydrogen-bond acceptors (Lipinski definition) is 6. The van der Waals surface area contributed by atoms with Gasteiger partial charge in [-0.05, 0) is 26.0 Å². The van der Waals surface area contributed by atoms with E-state index in [0.29, 0.717) is 37.7 Å². The number of hydrogen-bond donors (Lipinski definition) is 0. The molecule has 23 heavy (non-hydrogen) atoms. The van der Waals surface area contributed by atoms with Gasteiger partial charge < -0.3 is 14.2 Å². The van der Waals surface area contributed by atoms with Crippen molar-refractivity contribution in [2.75, 3.05) is 13.2 Å². The van der Waals surface area contributed by atoms with Gasteiger partial charge in [0.1, 0.15) is 0 Å². The SMILES string of the molecule is C[C@@H]1CN(C(=O)CCc2nc(-c3cccnc3)no2)[C@H](C)CO1. The van der Waals surface area contributed by atoms with Gasteiger partial charge in [-0.2, -0.15) is 4.98 Å². The van der Waals surface area contributed by atoms with Gasteiger partial charge in [-0.1, -0.05) is 5.16 Å². The van der Waals surface area contributed by atoms with Crippen LogP contribution in [0.5, 0.6) is 0 Å². The van der Waals surface area contributed by atoms with Crippen LogP contribution in [0.25, 0.3) is 11.4 Å². The van der Waals surface area contributed by atoms with E-state index in [9.17, 15) is 4.79 Å². The fraction of sp³-hybridized carbons (Fsp3) is 0.500. The third kappa shape index (κ3) is 3.73. The van der Waals surface area contributed by atoms with Crippen molar-refractivity contribution in [2.24, 2.45) is 0 Å². The molecule has 0 spiro atoms. The first kappa shape index (κ1) is 15.6. The maximum Gasteiger partial charge on any atom is 0.227 e. The first-order valence-electron chi connectivity index (χ1n) is 7.77. The van der Waals surface area contributed by atoms with Crippen LogP contribution >= 0.6 is 0 Å². The highest BCUT2D eigenvalue weighted by Crippen LogP contribution is 2.16. The van der Waals surface area contributed by atoms with E-state index in [1.54, 1.807) is 12.4 Å². The lowest BCUT2D eigenvalue weighted by molar-refractivity contribution is -0.143. The molecule has 122 valence electrons. The Hall–Kier alpha value is -2.28. The molecule has 1 aliphatic heterocycles. The molecule has 0 N–H and O–H groups in total. The normalized spacial score (nSPS) is 21.4. The van der Waals surface area contributed by atoms with Crippen LogP contribution in [0.1, 0.15) is 26.2 Å². The summed E-state index contributed by atoms with van der Waals surface area (Å²) in [5.74, 6) is 1.05. The number of aromatic nitrogens is 3. The summed E-state index contributed by atoms with van der Waals surface area (Å²) in [4.78, 5) is 22.6. The van der Waals surface area contributed by atoms with E-state index >= 15 is 0 Å². The lowest BCUT2D eigenvalue weighted by Gasteiger charge is -2.36. The molecule has 7 nitrogen and oxygen atoms in total. The summed E-state index contributed by atoms with van der Waals surface area (Å²) in [7, 11) is 0. The monoisotopic (exact) mass is 316 g/mol. The summed E-state index contributed by atoms with van der Waals surface area (Å²) < 4.78 is 10.8. The fourth-order valence-electron chi connectivity index (χ4n) is 2.58. The van der Waals surface area contributed by atoms with Crippen molar-refractivity contribution in [3.8, 4) is 11.4 Å². The molecule has 0 radical (unpaired) electrons. The third-order valence-electron chi connectivity index (χ3n) is 3.87. The number of morpholine rings is 1. The molecule has 0 aliphatic carbocycles. The Morgan fingerprint density at radius 2 is 2.30 bits per heavy atom. The fourth-order valence-corrected chi connectivity index (χ4v) is 2.58. The van der Waals surface area contributed by atoms with Gasteiger partial charge in [-0.3, -0.25) is 9.78 Å². The first-order chi connectivity index (χ1) is 11.1. The van der Waals surface area contributed by atoms with E-state index < -0.39 is 0 Å². The van der Waals surface area contributed by atoms with Crippen LogP contribution in [-0.4, -0.2) is 51.2 Å². The second-order valence-corrected chi connectivity index (χ2v) is 5.79. The van der Waals surface area contributed by atoms with Crippen LogP contribution in [0.2, 0.25) is 0 Å². The molecule has 0 unspecified atom stereocenters. The van der Waals surface area contributed by atoms with Crippen molar-refractivity contribution in [3.63, 3.8) is 0 Å². The van der Waals surface area contributed by atoms with Gasteiger partial charge in [-0.25, -0.2) is 0 Å². The minimum absolute atomic E-state index is 0.0794. The molecule has 0 saturated carbocycles. The Morgan fingerprint density at radius 3 is 3.09 bits per heavy atom. The van der Waals surface area contributed by atoms with Crippen molar-refractivity contribution in [2.45, 2.75) is 38.8 Å². The Labute approximate surface area is 134 Å². The molecule has 1 fully saturated rings. The Morgan fingerprint density at radius 1 is 1.43 bits per heavy atom. The molecule has 0 bridgehead atoms. The van der Waals surface area contributed by atoms with Gasteiger partial charge in [0.05, 0.1) is 18.8 Å². The average Bonchev–Trinajstić information content (AvgIpc) is 3.05. The summed E-state index contributed by atoms with van der Waals surface area (Å²) >= 11 is 0. The highest BCUT2D eigenvalue weighted by Gasteiger charge is 2.27. The summed E-state index contributed by atoms with van der Waals surface area (Å²) in [6.07, 6.45) is 4.23. The predicted molar refractivity (Wildman–Crippen MR) is 82.4 cm³/mol. The van der Waals surface area contributed by atoms with Crippen molar-refractivity contribution in [1.82, 2.24) is 20.0 Å². The van der Waals surface area contributed by atoms with Gasteiger partial charge in [0.25, 0.3) is 0 Å². The molecule has 3 heterocycles. The highest BCUT2D eigenvalue weighted by atomic mass is 16.5. The van der Waals surface area contributed by atoms with E-state index in [4.69, 9.17) is 9.26 Å². The zero-order chi connectivity index (χ0) is 16.2. The van der Waals surface area contributed by atoms with Gasteiger partial charge in [-0.15, -0.1) is 0 Å². The topological polar surface area (TPSA) is 81.4 Å². The summed E-state index contributed by atoms with van der Waals surface area (Å²) in [5, 5.41) is 3.93. The van der Waals surface area contributed by atoms with Crippen LogP contribution in [0.15, 0.2) is 29.0 Å². The quantitative estimate of drug-likeness (QED) is 0.854. The molecular weight excluding hydrogens is 296 g/mol. The third-order valence-corrected chi connectivity index (χ3v) is 3.87. The van der Waals surface area contributed by atoms with Crippen molar-refractivity contribution in [1.29, 1.82) is 0 Å². The Bertz CT molecular complexity index is 658. The number of nitrogens with zero attached hydrogens (tertiary/aromatic N) is 4. The number of aryl methyl sites for hydroxylation is 1. The maximum absolute atomic E-state index is 12.4. The molecule has 1 saturated heterocycles.